The summed E-state index contributed by atoms with van der Waals surface area (Å²) in [7, 11) is 0. The predicted octanol–water partition coefficient (Wildman–Crippen LogP) is 3.59. The van der Waals surface area contributed by atoms with Crippen molar-refractivity contribution in [2.24, 2.45) is 5.92 Å². The van der Waals surface area contributed by atoms with Gasteiger partial charge in [0, 0.05) is 12.6 Å². The molecular weight excluding hydrogens is 240 g/mol. The second-order valence-electron chi connectivity index (χ2n) is 4.53. The fourth-order valence-electron chi connectivity index (χ4n) is 1.46. The molecule has 0 spiro atoms. The maximum absolute atomic E-state index is 5.87. The Labute approximate surface area is 106 Å². The number of hydrogen-bond acceptors (Lipinski definition) is 3. The van der Waals surface area contributed by atoms with Gasteiger partial charge in [-0.3, -0.25) is 0 Å². The number of nitrogens with zero attached hydrogens (tertiary/aromatic N) is 1. The van der Waals surface area contributed by atoms with Crippen molar-refractivity contribution >= 4 is 29.0 Å². The number of nitrogens with one attached hydrogen (secondary N) is 1. The summed E-state index contributed by atoms with van der Waals surface area (Å²) in [5, 5.41) is 4.55. The summed E-state index contributed by atoms with van der Waals surface area (Å²) < 4.78 is 0.754. The van der Waals surface area contributed by atoms with E-state index in [4.69, 9.17) is 11.6 Å². The van der Waals surface area contributed by atoms with E-state index in [9.17, 15) is 0 Å². The summed E-state index contributed by atoms with van der Waals surface area (Å²) in [6.45, 7) is 5.41. The molecule has 1 aromatic heterocycles. The van der Waals surface area contributed by atoms with Gasteiger partial charge in [-0.1, -0.05) is 31.0 Å². The third-order valence-corrected chi connectivity index (χ3v) is 3.78. The van der Waals surface area contributed by atoms with Crippen LogP contribution in [0.25, 0.3) is 6.08 Å². The Morgan fingerprint density at radius 1 is 1.69 bits per heavy atom. The van der Waals surface area contributed by atoms with E-state index in [-0.39, 0.29) is 0 Å². The van der Waals surface area contributed by atoms with Gasteiger partial charge in [0.25, 0.3) is 0 Å². The maximum Gasteiger partial charge on any atom is 0.117 e. The van der Waals surface area contributed by atoms with Crippen molar-refractivity contribution in [3.05, 3.63) is 21.1 Å². The van der Waals surface area contributed by atoms with E-state index in [1.807, 2.05) is 0 Å². The molecule has 1 heterocycles. The van der Waals surface area contributed by atoms with Crippen molar-refractivity contribution in [2.75, 3.05) is 6.54 Å². The predicted molar refractivity (Wildman–Crippen MR) is 71.0 cm³/mol. The Hall–Kier alpha value is -0.380. The molecule has 2 rings (SSSR count). The molecule has 0 radical (unpaired) electrons. The van der Waals surface area contributed by atoms with Crippen LogP contribution in [0.2, 0.25) is 4.34 Å². The van der Waals surface area contributed by atoms with Crippen molar-refractivity contribution in [3.63, 3.8) is 0 Å². The average molecular weight is 257 g/mol. The van der Waals surface area contributed by atoms with Crippen LogP contribution >= 0.6 is 22.9 Å². The van der Waals surface area contributed by atoms with Crippen LogP contribution in [-0.4, -0.2) is 17.6 Å². The maximum atomic E-state index is 5.87. The largest absolute Gasteiger partial charge is 0.310 e. The van der Waals surface area contributed by atoms with Gasteiger partial charge in [0.1, 0.15) is 9.34 Å². The monoisotopic (exact) mass is 256 g/mol. The standard InChI is InChI=1S/C12H17ClN2S/c1-8(2)9(6-14-10-3-4-10)5-12-15-7-11(13)16-12/h5,7-8,10,14H,3-4,6H2,1-2H3/b9-5+. The van der Waals surface area contributed by atoms with Gasteiger partial charge in [-0.25, -0.2) is 4.98 Å². The number of halogens is 1. The lowest BCUT2D eigenvalue weighted by molar-refractivity contribution is 0.662. The summed E-state index contributed by atoms with van der Waals surface area (Å²) in [4.78, 5) is 4.26. The number of rotatable bonds is 5. The van der Waals surface area contributed by atoms with E-state index in [1.165, 1.54) is 29.8 Å². The molecule has 1 aromatic rings. The zero-order valence-electron chi connectivity index (χ0n) is 9.66. The normalized spacial score (nSPS) is 17.1. The lowest BCUT2D eigenvalue weighted by Gasteiger charge is -2.11. The molecule has 0 aromatic carbocycles. The minimum Gasteiger partial charge on any atom is -0.310 e. The first-order valence-electron chi connectivity index (χ1n) is 5.70. The molecule has 1 aliphatic carbocycles. The highest BCUT2D eigenvalue weighted by Gasteiger charge is 2.20. The van der Waals surface area contributed by atoms with Gasteiger partial charge in [0.05, 0.1) is 6.20 Å². The van der Waals surface area contributed by atoms with Crippen LogP contribution in [0.5, 0.6) is 0 Å². The Bertz CT molecular complexity index is 380. The third kappa shape index (κ3) is 3.58. The summed E-state index contributed by atoms with van der Waals surface area (Å²) in [6, 6.07) is 0.752. The smallest absolute Gasteiger partial charge is 0.117 e. The minimum atomic E-state index is 0.550. The number of hydrogen-bond donors (Lipinski definition) is 1. The zero-order chi connectivity index (χ0) is 11.5. The van der Waals surface area contributed by atoms with Crippen LogP contribution in [0.3, 0.4) is 0 Å². The molecule has 16 heavy (non-hydrogen) atoms. The molecular formula is C12H17ClN2S. The SMILES string of the molecule is CC(C)/C(=C/c1ncc(Cl)s1)CNC1CC1. The summed E-state index contributed by atoms with van der Waals surface area (Å²) in [5.74, 6) is 0.550. The van der Waals surface area contributed by atoms with E-state index in [1.54, 1.807) is 6.20 Å². The Balaban J connectivity index is 2.01. The van der Waals surface area contributed by atoms with Crippen LogP contribution in [0.15, 0.2) is 11.8 Å². The van der Waals surface area contributed by atoms with Gasteiger partial charge < -0.3 is 5.32 Å². The van der Waals surface area contributed by atoms with Crippen molar-refractivity contribution in [3.8, 4) is 0 Å². The number of thiazole rings is 1. The van der Waals surface area contributed by atoms with Gasteiger partial charge >= 0.3 is 0 Å². The molecule has 1 N–H and O–H groups in total. The highest BCUT2D eigenvalue weighted by Crippen LogP contribution is 2.24. The fraction of sp³-hybridized carbons (Fsp3) is 0.583. The van der Waals surface area contributed by atoms with Gasteiger partial charge in [-0.05, 0) is 24.8 Å². The lowest BCUT2D eigenvalue weighted by Crippen LogP contribution is -2.21. The highest BCUT2D eigenvalue weighted by atomic mass is 35.5. The molecule has 0 unspecified atom stereocenters. The molecule has 0 saturated heterocycles. The van der Waals surface area contributed by atoms with Crippen LogP contribution in [0.1, 0.15) is 31.7 Å². The quantitative estimate of drug-likeness (QED) is 0.871. The Morgan fingerprint density at radius 3 is 2.94 bits per heavy atom. The van der Waals surface area contributed by atoms with Crippen molar-refractivity contribution in [1.29, 1.82) is 0 Å². The summed E-state index contributed by atoms with van der Waals surface area (Å²) in [5.41, 5.74) is 1.40. The average Bonchev–Trinajstić information content (AvgIpc) is 2.96. The van der Waals surface area contributed by atoms with Crippen LogP contribution in [-0.2, 0) is 0 Å². The summed E-state index contributed by atoms with van der Waals surface area (Å²) >= 11 is 7.41. The lowest BCUT2D eigenvalue weighted by atomic mass is 10.0. The fourth-order valence-corrected chi connectivity index (χ4v) is 2.37. The summed E-state index contributed by atoms with van der Waals surface area (Å²) in [6.07, 6.45) is 6.53. The van der Waals surface area contributed by atoms with E-state index < -0.39 is 0 Å². The molecule has 0 aliphatic heterocycles. The highest BCUT2D eigenvalue weighted by molar-refractivity contribution is 7.16. The Morgan fingerprint density at radius 2 is 2.44 bits per heavy atom. The van der Waals surface area contributed by atoms with Gasteiger partial charge in [0.15, 0.2) is 0 Å². The molecule has 0 bridgehead atoms. The molecule has 1 fully saturated rings. The van der Waals surface area contributed by atoms with Gasteiger partial charge in [0.2, 0.25) is 0 Å². The second-order valence-corrected chi connectivity index (χ2v) is 6.23. The van der Waals surface area contributed by atoms with E-state index >= 15 is 0 Å². The van der Waals surface area contributed by atoms with Crippen molar-refractivity contribution in [2.45, 2.75) is 32.7 Å². The first-order chi connectivity index (χ1) is 7.65. The van der Waals surface area contributed by atoms with Crippen molar-refractivity contribution < 1.29 is 0 Å². The molecule has 4 heteroatoms. The van der Waals surface area contributed by atoms with E-state index in [0.717, 1.165) is 21.9 Å². The number of aromatic nitrogens is 1. The van der Waals surface area contributed by atoms with Crippen LogP contribution in [0, 0.1) is 5.92 Å². The van der Waals surface area contributed by atoms with Gasteiger partial charge in [-0.15, -0.1) is 11.3 Å². The zero-order valence-corrected chi connectivity index (χ0v) is 11.2. The van der Waals surface area contributed by atoms with Gasteiger partial charge in [-0.2, -0.15) is 0 Å². The molecule has 88 valence electrons. The topological polar surface area (TPSA) is 24.9 Å². The third-order valence-electron chi connectivity index (χ3n) is 2.72. The molecule has 1 saturated carbocycles. The first kappa shape index (κ1) is 12.1. The molecule has 1 aliphatic rings. The second kappa shape index (κ2) is 5.30. The Kier molecular flexibility index (Phi) is 4.00. The molecule has 2 nitrogen and oxygen atoms in total. The molecule has 0 amide bonds. The van der Waals surface area contributed by atoms with Crippen LogP contribution < -0.4 is 5.32 Å². The van der Waals surface area contributed by atoms with Crippen molar-refractivity contribution in [1.82, 2.24) is 10.3 Å². The van der Waals surface area contributed by atoms with E-state index in [2.05, 4.69) is 30.2 Å². The molecule has 0 atom stereocenters. The van der Waals surface area contributed by atoms with Crippen LogP contribution in [0.4, 0.5) is 0 Å². The van der Waals surface area contributed by atoms with E-state index in [0.29, 0.717) is 5.92 Å². The minimum absolute atomic E-state index is 0.550. The first-order valence-corrected chi connectivity index (χ1v) is 6.90.